The highest BCUT2D eigenvalue weighted by Gasteiger charge is 2.32. The number of amides is 2. The Hall–Kier alpha value is -2.44. The number of nitrogens with zero attached hydrogens (tertiary/aromatic N) is 1. The summed E-state index contributed by atoms with van der Waals surface area (Å²) in [5.41, 5.74) is 1.65. The number of carbonyl (C=O) groups is 2. The Morgan fingerprint density at radius 2 is 1.69 bits per heavy atom. The molecule has 0 radical (unpaired) electrons. The zero-order chi connectivity index (χ0) is 25.4. The van der Waals surface area contributed by atoms with Crippen molar-refractivity contribution in [1.82, 2.24) is 10.2 Å². The third-order valence-corrected chi connectivity index (χ3v) is 7.11. The van der Waals surface area contributed by atoms with Gasteiger partial charge in [-0.2, -0.15) is 0 Å². The lowest BCUT2D eigenvalue weighted by molar-refractivity contribution is -0.139. The highest BCUT2D eigenvalue weighted by molar-refractivity contribution is 6.30. The van der Waals surface area contributed by atoms with Gasteiger partial charge in [-0.3, -0.25) is 9.59 Å². The number of ether oxygens (including phenoxy) is 2. The summed E-state index contributed by atoms with van der Waals surface area (Å²) in [4.78, 5) is 28.2. The van der Waals surface area contributed by atoms with E-state index in [1.165, 1.54) is 0 Å². The van der Waals surface area contributed by atoms with Crippen LogP contribution in [0.4, 0.5) is 0 Å². The molecule has 0 spiro atoms. The number of carbonyl (C=O) groups excluding carboxylic acids is 2. The molecule has 1 saturated carbocycles. The Bertz CT molecular complexity index is 991. The first-order valence-corrected chi connectivity index (χ1v) is 12.9. The summed E-state index contributed by atoms with van der Waals surface area (Å²) in [6, 6.07) is 12.0. The van der Waals surface area contributed by atoms with E-state index < -0.39 is 6.04 Å². The zero-order valence-electron chi connectivity index (χ0n) is 20.6. The summed E-state index contributed by atoms with van der Waals surface area (Å²) in [5, 5.41) is 3.76. The van der Waals surface area contributed by atoms with E-state index in [0.29, 0.717) is 41.0 Å². The van der Waals surface area contributed by atoms with Crippen molar-refractivity contribution < 1.29 is 19.1 Å². The van der Waals surface area contributed by atoms with Gasteiger partial charge in [0.05, 0.1) is 14.2 Å². The molecule has 1 aliphatic rings. The fourth-order valence-electron chi connectivity index (χ4n) is 4.56. The van der Waals surface area contributed by atoms with E-state index in [1.807, 2.05) is 18.2 Å². The predicted molar refractivity (Wildman–Crippen MR) is 139 cm³/mol. The van der Waals surface area contributed by atoms with E-state index in [4.69, 9.17) is 32.7 Å². The average molecular weight is 521 g/mol. The summed E-state index contributed by atoms with van der Waals surface area (Å²) in [6.07, 6.45) is 4.56. The van der Waals surface area contributed by atoms with Crippen LogP contribution in [0.1, 0.15) is 49.8 Å². The molecule has 0 bridgehead atoms. The summed E-state index contributed by atoms with van der Waals surface area (Å²) < 4.78 is 10.7. The molecule has 0 saturated heterocycles. The third kappa shape index (κ3) is 7.28. The Morgan fingerprint density at radius 1 is 1.03 bits per heavy atom. The molecule has 6 nitrogen and oxygen atoms in total. The molecule has 1 N–H and O–H groups in total. The molecular weight excluding hydrogens is 487 g/mol. The van der Waals surface area contributed by atoms with Crippen LogP contribution in [0, 0.1) is 5.92 Å². The largest absolute Gasteiger partial charge is 0.493 e. The van der Waals surface area contributed by atoms with Gasteiger partial charge in [0, 0.05) is 17.6 Å². The fourth-order valence-corrected chi connectivity index (χ4v) is 4.84. The minimum Gasteiger partial charge on any atom is -0.493 e. The second kappa shape index (κ2) is 13.0. The first-order chi connectivity index (χ1) is 16.9. The number of benzene rings is 2. The number of rotatable bonds is 10. The Kier molecular flexibility index (Phi) is 10.1. The van der Waals surface area contributed by atoms with Crippen LogP contribution in [0.5, 0.6) is 11.5 Å². The van der Waals surface area contributed by atoms with Crippen molar-refractivity contribution in [2.24, 2.45) is 5.92 Å². The van der Waals surface area contributed by atoms with E-state index >= 15 is 0 Å². The molecule has 2 aromatic carbocycles. The molecule has 2 aromatic rings. The van der Waals surface area contributed by atoms with Gasteiger partial charge < -0.3 is 19.7 Å². The molecule has 8 heteroatoms. The van der Waals surface area contributed by atoms with Gasteiger partial charge in [-0.15, -0.1) is 11.6 Å². The van der Waals surface area contributed by atoms with Gasteiger partial charge in [0.1, 0.15) is 11.9 Å². The lowest BCUT2D eigenvalue weighted by atomic mass is 9.87. The number of methoxy groups -OCH3 is 2. The molecular formula is C27H34Cl2N2O4. The fraction of sp³-hybridized carbons (Fsp3) is 0.481. The molecule has 1 atom stereocenters. The monoisotopic (exact) mass is 520 g/mol. The van der Waals surface area contributed by atoms with Crippen LogP contribution in [0.15, 0.2) is 42.5 Å². The number of hydrogen-bond donors (Lipinski definition) is 1. The molecule has 1 fully saturated rings. The maximum absolute atomic E-state index is 13.6. The van der Waals surface area contributed by atoms with Crippen LogP contribution >= 0.6 is 23.2 Å². The van der Waals surface area contributed by atoms with Gasteiger partial charge in [0.25, 0.3) is 0 Å². The average Bonchev–Trinajstić information content (AvgIpc) is 2.87. The van der Waals surface area contributed by atoms with Crippen molar-refractivity contribution in [3.8, 4) is 11.5 Å². The third-order valence-electron chi connectivity index (χ3n) is 6.63. The first-order valence-electron chi connectivity index (χ1n) is 12.0. The summed E-state index contributed by atoms with van der Waals surface area (Å²) >= 11 is 12.1. The van der Waals surface area contributed by atoms with Gasteiger partial charge in [0.15, 0.2) is 11.5 Å². The number of hydrogen-bond acceptors (Lipinski definition) is 4. The van der Waals surface area contributed by atoms with Crippen LogP contribution < -0.4 is 14.8 Å². The second-order valence-corrected chi connectivity index (χ2v) is 9.78. The maximum Gasteiger partial charge on any atom is 0.247 e. The van der Waals surface area contributed by atoms with E-state index in [-0.39, 0.29) is 23.7 Å². The van der Waals surface area contributed by atoms with Crippen LogP contribution in [-0.2, 0) is 16.0 Å². The Morgan fingerprint density at radius 3 is 2.29 bits per heavy atom. The Labute approximate surface area is 217 Å². The molecule has 35 heavy (non-hydrogen) atoms. The molecule has 3 rings (SSSR count). The van der Waals surface area contributed by atoms with Crippen LogP contribution in [0.25, 0.3) is 0 Å². The first kappa shape index (κ1) is 27.2. The normalized spacial score (nSPS) is 18.4. The van der Waals surface area contributed by atoms with Crippen molar-refractivity contribution in [3.63, 3.8) is 0 Å². The van der Waals surface area contributed by atoms with Crippen molar-refractivity contribution in [2.45, 2.75) is 51.1 Å². The highest BCUT2D eigenvalue weighted by atomic mass is 35.5. The number of alkyl halides is 1. The smallest absolute Gasteiger partial charge is 0.247 e. The van der Waals surface area contributed by atoms with Crippen molar-refractivity contribution in [3.05, 3.63) is 58.6 Å². The SMILES string of the molecule is COc1ccc(CCN(C(=O)CCl)C(C(=O)NC2CCC(C)CC2)c2ccc(Cl)cc2)cc1OC. The zero-order valence-corrected chi connectivity index (χ0v) is 22.1. The Balaban J connectivity index is 1.86. The van der Waals surface area contributed by atoms with Gasteiger partial charge in [-0.1, -0.05) is 36.7 Å². The molecule has 1 unspecified atom stereocenters. The minimum absolute atomic E-state index is 0.104. The minimum atomic E-state index is -0.807. The van der Waals surface area contributed by atoms with E-state index in [0.717, 1.165) is 31.2 Å². The second-order valence-electron chi connectivity index (χ2n) is 9.08. The molecule has 190 valence electrons. The quantitative estimate of drug-likeness (QED) is 0.425. The lowest BCUT2D eigenvalue weighted by Crippen LogP contribution is -2.48. The number of nitrogens with one attached hydrogen (secondary N) is 1. The van der Waals surface area contributed by atoms with Gasteiger partial charge in [0.2, 0.25) is 11.8 Å². The highest BCUT2D eigenvalue weighted by Crippen LogP contribution is 2.30. The van der Waals surface area contributed by atoms with E-state index in [2.05, 4.69) is 12.2 Å². The predicted octanol–water partition coefficient (Wildman–Crippen LogP) is 5.40. The van der Waals surface area contributed by atoms with Gasteiger partial charge >= 0.3 is 0 Å². The molecule has 0 aliphatic heterocycles. The molecule has 2 amide bonds. The van der Waals surface area contributed by atoms with Gasteiger partial charge in [-0.05, 0) is 73.4 Å². The van der Waals surface area contributed by atoms with Crippen molar-refractivity contribution >= 4 is 35.0 Å². The van der Waals surface area contributed by atoms with Crippen molar-refractivity contribution in [1.29, 1.82) is 0 Å². The topological polar surface area (TPSA) is 67.9 Å². The maximum atomic E-state index is 13.6. The van der Waals surface area contributed by atoms with Crippen LogP contribution in [0.2, 0.25) is 5.02 Å². The summed E-state index contributed by atoms with van der Waals surface area (Å²) in [6.45, 7) is 2.55. The van der Waals surface area contributed by atoms with Gasteiger partial charge in [-0.25, -0.2) is 0 Å². The number of halogens is 2. The molecule has 0 aromatic heterocycles. The van der Waals surface area contributed by atoms with E-state index in [1.54, 1.807) is 43.4 Å². The molecule has 0 heterocycles. The summed E-state index contributed by atoms with van der Waals surface area (Å²) in [7, 11) is 3.17. The lowest BCUT2D eigenvalue weighted by Gasteiger charge is -2.34. The molecule has 1 aliphatic carbocycles. The van der Waals surface area contributed by atoms with Crippen molar-refractivity contribution in [2.75, 3.05) is 26.6 Å². The summed E-state index contributed by atoms with van der Waals surface area (Å²) in [5.74, 6) is 1.19. The van der Waals surface area contributed by atoms with E-state index in [9.17, 15) is 9.59 Å². The van der Waals surface area contributed by atoms with Crippen LogP contribution in [0.3, 0.4) is 0 Å². The van der Waals surface area contributed by atoms with Crippen LogP contribution in [-0.4, -0.2) is 49.4 Å². The standard InChI is InChI=1S/C27H34Cl2N2O4/c1-18-4-11-22(12-5-18)30-27(33)26(20-7-9-21(29)10-8-20)31(25(32)17-28)15-14-19-6-13-23(34-2)24(16-19)35-3/h6-10,13,16,18,22,26H,4-5,11-12,14-15,17H2,1-3H3,(H,30,33).